The molecule has 1 aliphatic rings. The van der Waals surface area contributed by atoms with Crippen molar-refractivity contribution in [3.63, 3.8) is 0 Å². The molecule has 0 atom stereocenters. The van der Waals surface area contributed by atoms with Crippen LogP contribution in [0.3, 0.4) is 0 Å². The summed E-state index contributed by atoms with van der Waals surface area (Å²) in [7, 11) is 1.78. The number of pyridine rings is 1. The Morgan fingerprint density at radius 3 is 2.89 bits per heavy atom. The zero-order chi connectivity index (χ0) is 13.0. The molecule has 0 aliphatic carbocycles. The molecule has 1 amide bonds. The van der Waals surface area contributed by atoms with Gasteiger partial charge in [0.05, 0.1) is 5.54 Å². The third kappa shape index (κ3) is 2.86. The molecule has 0 radical (unpaired) electrons. The van der Waals surface area contributed by atoms with Gasteiger partial charge in [-0.25, -0.2) is 0 Å². The maximum atomic E-state index is 12.3. The summed E-state index contributed by atoms with van der Waals surface area (Å²) in [6.07, 6.45) is 4.65. The van der Waals surface area contributed by atoms with Gasteiger partial charge in [0.15, 0.2) is 0 Å². The first-order valence-corrected chi connectivity index (χ1v) is 6.13. The highest BCUT2D eigenvalue weighted by atomic mass is 16.5. The van der Waals surface area contributed by atoms with E-state index in [4.69, 9.17) is 10.5 Å². The molecule has 0 spiro atoms. The third-order valence-electron chi connectivity index (χ3n) is 3.30. The number of carbonyl (C=O) groups excluding carboxylic acids is 1. The van der Waals surface area contributed by atoms with Gasteiger partial charge >= 0.3 is 0 Å². The highest BCUT2D eigenvalue weighted by molar-refractivity contribution is 5.86. The van der Waals surface area contributed by atoms with Gasteiger partial charge in [-0.3, -0.25) is 9.78 Å². The van der Waals surface area contributed by atoms with E-state index in [2.05, 4.69) is 4.98 Å². The van der Waals surface area contributed by atoms with Gasteiger partial charge in [-0.15, -0.1) is 0 Å². The van der Waals surface area contributed by atoms with E-state index in [0.29, 0.717) is 32.6 Å². The molecule has 1 fully saturated rings. The van der Waals surface area contributed by atoms with E-state index in [1.165, 1.54) is 0 Å². The molecule has 1 aromatic heterocycles. The molecule has 1 aromatic rings. The molecule has 2 N–H and O–H groups in total. The minimum Gasteiger partial charge on any atom is -0.381 e. The predicted molar refractivity (Wildman–Crippen MR) is 67.7 cm³/mol. The van der Waals surface area contributed by atoms with Crippen LogP contribution in [0.2, 0.25) is 0 Å². The molecule has 0 saturated carbocycles. The summed E-state index contributed by atoms with van der Waals surface area (Å²) < 4.78 is 5.25. The molecule has 2 rings (SSSR count). The first-order chi connectivity index (χ1) is 8.62. The second-order valence-electron chi connectivity index (χ2n) is 4.79. The number of hydrogen-bond donors (Lipinski definition) is 1. The van der Waals surface area contributed by atoms with Gasteiger partial charge in [0.25, 0.3) is 0 Å². The quantitative estimate of drug-likeness (QED) is 0.849. The Hall–Kier alpha value is -1.46. The molecule has 98 valence electrons. The number of ether oxygens (including phenoxy) is 1. The molecule has 0 unspecified atom stereocenters. The Morgan fingerprint density at radius 1 is 1.56 bits per heavy atom. The smallest absolute Gasteiger partial charge is 0.242 e. The predicted octanol–water partition coefficient (Wildman–Crippen LogP) is 0.548. The Morgan fingerprint density at radius 2 is 2.28 bits per heavy atom. The van der Waals surface area contributed by atoms with Crippen molar-refractivity contribution >= 4 is 5.91 Å². The lowest BCUT2D eigenvalue weighted by Gasteiger charge is -2.35. The fourth-order valence-corrected chi connectivity index (χ4v) is 2.17. The topological polar surface area (TPSA) is 68.5 Å². The van der Waals surface area contributed by atoms with Crippen LogP contribution >= 0.6 is 0 Å². The molecular formula is C13H19N3O2. The summed E-state index contributed by atoms with van der Waals surface area (Å²) in [4.78, 5) is 18.1. The Balaban J connectivity index is 2.00. The van der Waals surface area contributed by atoms with Crippen LogP contribution in [-0.2, 0) is 16.1 Å². The molecule has 1 saturated heterocycles. The van der Waals surface area contributed by atoms with Crippen molar-refractivity contribution in [2.75, 3.05) is 20.3 Å². The second kappa shape index (κ2) is 5.46. The average molecular weight is 249 g/mol. The standard InChI is InChI=1S/C13H19N3O2/c1-16(10-11-3-2-6-15-9-11)12(17)13(14)4-7-18-8-5-13/h2-3,6,9H,4-5,7-8,10,14H2,1H3. The van der Waals surface area contributed by atoms with Gasteiger partial charge in [-0.2, -0.15) is 0 Å². The van der Waals surface area contributed by atoms with Crippen LogP contribution < -0.4 is 5.73 Å². The lowest BCUT2D eigenvalue weighted by Crippen LogP contribution is -2.57. The van der Waals surface area contributed by atoms with Crippen molar-refractivity contribution in [3.05, 3.63) is 30.1 Å². The SMILES string of the molecule is CN(Cc1cccnc1)C(=O)C1(N)CCOCC1. The van der Waals surface area contributed by atoms with E-state index in [-0.39, 0.29) is 5.91 Å². The summed E-state index contributed by atoms with van der Waals surface area (Å²) in [6, 6.07) is 3.81. The number of nitrogens with two attached hydrogens (primary N) is 1. The van der Waals surface area contributed by atoms with Gasteiger partial charge in [0.1, 0.15) is 0 Å². The molecular weight excluding hydrogens is 230 g/mol. The summed E-state index contributed by atoms with van der Waals surface area (Å²) in [5.74, 6) is -0.0188. The van der Waals surface area contributed by atoms with E-state index in [0.717, 1.165) is 5.56 Å². The van der Waals surface area contributed by atoms with Crippen molar-refractivity contribution in [2.45, 2.75) is 24.9 Å². The molecule has 5 heteroatoms. The van der Waals surface area contributed by atoms with E-state index >= 15 is 0 Å². The zero-order valence-corrected chi connectivity index (χ0v) is 10.6. The van der Waals surface area contributed by atoms with Crippen molar-refractivity contribution in [1.82, 2.24) is 9.88 Å². The Kier molecular flexibility index (Phi) is 3.93. The fraction of sp³-hybridized carbons (Fsp3) is 0.538. The van der Waals surface area contributed by atoms with Gasteiger partial charge in [0.2, 0.25) is 5.91 Å². The minimum absolute atomic E-state index is 0.0188. The number of aromatic nitrogens is 1. The molecule has 2 heterocycles. The average Bonchev–Trinajstić information content (AvgIpc) is 2.40. The number of likely N-dealkylation sites (N-methyl/N-ethyl adjacent to an activating group) is 1. The fourth-order valence-electron chi connectivity index (χ4n) is 2.17. The minimum atomic E-state index is -0.769. The molecule has 18 heavy (non-hydrogen) atoms. The van der Waals surface area contributed by atoms with Crippen molar-refractivity contribution in [1.29, 1.82) is 0 Å². The normalized spacial score (nSPS) is 18.3. The van der Waals surface area contributed by atoms with Gasteiger partial charge < -0.3 is 15.4 Å². The molecule has 5 nitrogen and oxygen atoms in total. The van der Waals surface area contributed by atoms with Crippen LogP contribution in [0.5, 0.6) is 0 Å². The number of nitrogens with zero attached hydrogens (tertiary/aromatic N) is 2. The van der Waals surface area contributed by atoms with Gasteiger partial charge in [0, 0.05) is 39.2 Å². The monoisotopic (exact) mass is 249 g/mol. The summed E-state index contributed by atoms with van der Waals surface area (Å²) in [5.41, 5.74) is 6.41. The van der Waals surface area contributed by atoms with Crippen LogP contribution in [0, 0.1) is 0 Å². The summed E-state index contributed by atoms with van der Waals surface area (Å²) >= 11 is 0. The summed E-state index contributed by atoms with van der Waals surface area (Å²) in [5, 5.41) is 0. The number of amides is 1. The zero-order valence-electron chi connectivity index (χ0n) is 10.6. The van der Waals surface area contributed by atoms with Gasteiger partial charge in [-0.05, 0) is 24.5 Å². The first kappa shape index (κ1) is 13.0. The number of rotatable bonds is 3. The van der Waals surface area contributed by atoms with E-state index in [1.807, 2.05) is 12.1 Å². The molecule has 0 bridgehead atoms. The van der Waals surface area contributed by atoms with Crippen molar-refractivity contribution in [3.8, 4) is 0 Å². The van der Waals surface area contributed by atoms with E-state index < -0.39 is 5.54 Å². The Labute approximate surface area is 107 Å². The Bertz CT molecular complexity index is 402. The maximum absolute atomic E-state index is 12.3. The first-order valence-electron chi connectivity index (χ1n) is 6.13. The maximum Gasteiger partial charge on any atom is 0.242 e. The number of carbonyl (C=O) groups is 1. The second-order valence-corrected chi connectivity index (χ2v) is 4.79. The molecule has 0 aromatic carbocycles. The highest BCUT2D eigenvalue weighted by Gasteiger charge is 2.37. The largest absolute Gasteiger partial charge is 0.381 e. The van der Waals surface area contributed by atoms with E-state index in [9.17, 15) is 4.79 Å². The van der Waals surface area contributed by atoms with E-state index in [1.54, 1.807) is 24.3 Å². The van der Waals surface area contributed by atoms with Crippen LogP contribution in [0.4, 0.5) is 0 Å². The van der Waals surface area contributed by atoms with Crippen LogP contribution in [0.25, 0.3) is 0 Å². The highest BCUT2D eigenvalue weighted by Crippen LogP contribution is 2.20. The number of hydrogen-bond acceptors (Lipinski definition) is 4. The lowest BCUT2D eigenvalue weighted by molar-refractivity contribution is -0.139. The molecule has 1 aliphatic heterocycles. The van der Waals surface area contributed by atoms with Crippen LogP contribution in [0.1, 0.15) is 18.4 Å². The van der Waals surface area contributed by atoms with Crippen LogP contribution in [-0.4, -0.2) is 41.6 Å². The van der Waals surface area contributed by atoms with Crippen molar-refractivity contribution in [2.24, 2.45) is 5.73 Å². The van der Waals surface area contributed by atoms with Crippen LogP contribution in [0.15, 0.2) is 24.5 Å². The van der Waals surface area contributed by atoms with Gasteiger partial charge in [-0.1, -0.05) is 6.07 Å². The lowest BCUT2D eigenvalue weighted by atomic mass is 9.90. The van der Waals surface area contributed by atoms with Crippen molar-refractivity contribution < 1.29 is 9.53 Å². The summed E-state index contributed by atoms with van der Waals surface area (Å²) in [6.45, 7) is 1.65. The third-order valence-corrected chi connectivity index (χ3v) is 3.30.